The molecular weight excluding hydrogens is 378 g/mol. The Morgan fingerprint density at radius 3 is 1.52 bits per heavy atom. The summed E-state index contributed by atoms with van der Waals surface area (Å²) in [5.74, 6) is -0.478. The van der Waals surface area contributed by atoms with E-state index >= 15 is 0 Å². The molecule has 0 aliphatic carbocycles. The van der Waals surface area contributed by atoms with Gasteiger partial charge in [0.05, 0.1) is 40.6 Å². The zero-order valence-electron chi connectivity index (χ0n) is 15.4. The molecule has 1 aliphatic rings. The van der Waals surface area contributed by atoms with Crippen LogP contribution in [0.15, 0.2) is 96.1 Å². The first kappa shape index (κ1) is 18.6. The Bertz CT molecular complexity index is 1110. The normalized spacial score (nSPS) is 14.2. The molecule has 0 spiro atoms. The second-order valence-corrected chi connectivity index (χ2v) is 7.08. The quantitative estimate of drug-likeness (QED) is 0.602. The minimum Gasteiger partial charge on any atom is -0.353 e. The van der Waals surface area contributed by atoms with Gasteiger partial charge < -0.3 is 5.32 Å². The highest BCUT2D eigenvalue weighted by Gasteiger charge is 2.33. The van der Waals surface area contributed by atoms with Crippen molar-refractivity contribution in [1.29, 1.82) is 10.5 Å². The van der Waals surface area contributed by atoms with Crippen LogP contribution in [0.25, 0.3) is 11.4 Å². The summed E-state index contributed by atoms with van der Waals surface area (Å²) < 4.78 is 0. The fraction of sp³-hybridized carbons (Fsp3) is 0.0400. The van der Waals surface area contributed by atoms with Crippen LogP contribution >= 0.6 is 11.6 Å². The lowest BCUT2D eigenvalue weighted by Crippen LogP contribution is -2.24. The van der Waals surface area contributed by atoms with E-state index < -0.39 is 5.92 Å². The SMILES string of the molecule is N#CC1=C(c2ccccc2)NC(c2ccccc2)=C(C#N)C1c1ccc(Cl)cc1. The molecule has 0 atom stereocenters. The van der Waals surface area contributed by atoms with Crippen LogP contribution in [-0.2, 0) is 0 Å². The number of hydrogen-bond acceptors (Lipinski definition) is 3. The molecule has 0 saturated heterocycles. The zero-order valence-corrected chi connectivity index (χ0v) is 16.2. The summed E-state index contributed by atoms with van der Waals surface area (Å²) in [6.07, 6.45) is 0. The Morgan fingerprint density at radius 1 is 0.655 bits per heavy atom. The number of benzene rings is 3. The lowest BCUT2D eigenvalue weighted by Gasteiger charge is -2.29. The van der Waals surface area contributed by atoms with Crippen molar-refractivity contribution in [2.75, 3.05) is 0 Å². The van der Waals surface area contributed by atoms with Gasteiger partial charge in [0.2, 0.25) is 0 Å². The standard InChI is InChI=1S/C25H16ClN3/c26-20-13-11-17(12-14-20)23-21(15-27)24(18-7-3-1-4-8-18)29-25(22(23)16-28)19-9-5-2-6-10-19/h1-14,23,29H. The van der Waals surface area contributed by atoms with Crippen molar-refractivity contribution < 1.29 is 0 Å². The van der Waals surface area contributed by atoms with Gasteiger partial charge in [-0.25, -0.2) is 0 Å². The third-order valence-corrected chi connectivity index (χ3v) is 5.19. The minimum absolute atomic E-state index is 0.478. The fourth-order valence-electron chi connectivity index (χ4n) is 3.59. The van der Waals surface area contributed by atoms with Gasteiger partial charge in [0.1, 0.15) is 0 Å². The Balaban J connectivity index is 1.99. The first-order valence-electron chi connectivity index (χ1n) is 9.14. The van der Waals surface area contributed by atoms with Crippen LogP contribution in [0, 0.1) is 22.7 Å². The lowest BCUT2D eigenvalue weighted by molar-refractivity contribution is 0.937. The molecule has 3 aromatic rings. The molecule has 0 aromatic heterocycles. The Hall–Kier alpha value is -3.79. The fourth-order valence-corrected chi connectivity index (χ4v) is 3.71. The van der Waals surface area contributed by atoms with Crippen LogP contribution in [-0.4, -0.2) is 0 Å². The molecule has 3 nitrogen and oxygen atoms in total. The first-order valence-corrected chi connectivity index (χ1v) is 9.52. The van der Waals surface area contributed by atoms with Crippen molar-refractivity contribution >= 4 is 23.0 Å². The van der Waals surface area contributed by atoms with Crippen LogP contribution in [0.5, 0.6) is 0 Å². The maximum absolute atomic E-state index is 10.1. The molecule has 1 N–H and O–H groups in total. The highest BCUT2D eigenvalue weighted by atomic mass is 35.5. The van der Waals surface area contributed by atoms with Crippen molar-refractivity contribution in [3.63, 3.8) is 0 Å². The van der Waals surface area contributed by atoms with Crippen molar-refractivity contribution in [2.24, 2.45) is 0 Å². The molecular formula is C25H16ClN3. The maximum atomic E-state index is 10.1. The van der Waals surface area contributed by atoms with Gasteiger partial charge in [0.15, 0.2) is 0 Å². The molecule has 4 rings (SSSR count). The van der Waals surface area contributed by atoms with Crippen molar-refractivity contribution in [3.8, 4) is 12.1 Å². The number of dihydropyridines is 1. The first-order chi connectivity index (χ1) is 14.2. The minimum atomic E-state index is -0.478. The van der Waals surface area contributed by atoms with Gasteiger partial charge in [-0.2, -0.15) is 10.5 Å². The van der Waals surface area contributed by atoms with Gasteiger partial charge in [-0.3, -0.25) is 0 Å². The molecule has 3 aromatic carbocycles. The highest BCUT2D eigenvalue weighted by molar-refractivity contribution is 6.30. The second-order valence-electron chi connectivity index (χ2n) is 6.64. The molecule has 138 valence electrons. The summed E-state index contributed by atoms with van der Waals surface area (Å²) in [7, 11) is 0. The lowest BCUT2D eigenvalue weighted by atomic mass is 9.79. The Morgan fingerprint density at radius 2 is 1.10 bits per heavy atom. The molecule has 0 unspecified atom stereocenters. The number of halogens is 1. The summed E-state index contributed by atoms with van der Waals surface area (Å²) in [5.41, 5.74) is 5.09. The highest BCUT2D eigenvalue weighted by Crippen LogP contribution is 2.42. The summed E-state index contributed by atoms with van der Waals surface area (Å²) in [5, 5.41) is 24.1. The molecule has 0 saturated carbocycles. The molecule has 1 aliphatic heterocycles. The average molecular weight is 394 g/mol. The predicted octanol–water partition coefficient (Wildman–Crippen LogP) is 5.90. The van der Waals surface area contributed by atoms with Crippen LogP contribution in [0.1, 0.15) is 22.6 Å². The molecule has 1 heterocycles. The summed E-state index contributed by atoms with van der Waals surface area (Å²) >= 11 is 6.07. The van der Waals surface area contributed by atoms with Gasteiger partial charge in [0.25, 0.3) is 0 Å². The number of hydrogen-bond donors (Lipinski definition) is 1. The third kappa shape index (κ3) is 3.52. The van der Waals surface area contributed by atoms with E-state index in [1.54, 1.807) is 12.1 Å². The smallest absolute Gasteiger partial charge is 0.0979 e. The average Bonchev–Trinajstić information content (AvgIpc) is 2.79. The number of nitrogens with zero attached hydrogens (tertiary/aromatic N) is 2. The van der Waals surface area contributed by atoms with E-state index in [0.717, 1.165) is 16.7 Å². The number of nitrogens with one attached hydrogen (secondary N) is 1. The largest absolute Gasteiger partial charge is 0.353 e. The van der Waals surface area contributed by atoms with Crippen molar-refractivity contribution in [2.45, 2.75) is 5.92 Å². The van der Waals surface area contributed by atoms with Crippen LogP contribution in [0.2, 0.25) is 5.02 Å². The van der Waals surface area contributed by atoms with Crippen LogP contribution < -0.4 is 5.32 Å². The second kappa shape index (κ2) is 8.07. The molecule has 0 amide bonds. The van der Waals surface area contributed by atoms with Crippen LogP contribution in [0.4, 0.5) is 0 Å². The summed E-state index contributed by atoms with van der Waals surface area (Å²) in [4.78, 5) is 0. The maximum Gasteiger partial charge on any atom is 0.0979 e. The van der Waals surface area contributed by atoms with Crippen molar-refractivity contribution in [1.82, 2.24) is 5.32 Å². The number of rotatable bonds is 3. The van der Waals surface area contributed by atoms with E-state index in [9.17, 15) is 10.5 Å². The van der Waals surface area contributed by atoms with Gasteiger partial charge in [-0.05, 0) is 28.8 Å². The van der Waals surface area contributed by atoms with Gasteiger partial charge >= 0.3 is 0 Å². The number of allylic oxidation sites excluding steroid dienone is 2. The zero-order chi connectivity index (χ0) is 20.2. The van der Waals surface area contributed by atoms with Gasteiger partial charge in [-0.1, -0.05) is 84.4 Å². The van der Waals surface area contributed by atoms with Gasteiger partial charge in [0, 0.05) is 5.02 Å². The molecule has 4 heteroatoms. The van der Waals surface area contributed by atoms with Gasteiger partial charge in [-0.15, -0.1) is 0 Å². The monoisotopic (exact) mass is 393 g/mol. The van der Waals surface area contributed by atoms with E-state index in [1.165, 1.54) is 0 Å². The predicted molar refractivity (Wildman–Crippen MR) is 115 cm³/mol. The van der Waals surface area contributed by atoms with E-state index in [1.807, 2.05) is 72.8 Å². The third-order valence-electron chi connectivity index (χ3n) is 4.94. The molecule has 29 heavy (non-hydrogen) atoms. The van der Waals surface area contributed by atoms with E-state index in [2.05, 4.69) is 17.5 Å². The van der Waals surface area contributed by atoms with Crippen molar-refractivity contribution in [3.05, 3.63) is 118 Å². The Kier molecular flexibility index (Phi) is 5.16. The van der Waals surface area contributed by atoms with Crippen LogP contribution in [0.3, 0.4) is 0 Å². The van der Waals surface area contributed by atoms with E-state index in [4.69, 9.17) is 11.6 Å². The Labute approximate surface area is 174 Å². The summed E-state index contributed by atoms with van der Waals surface area (Å²) in [6.45, 7) is 0. The topological polar surface area (TPSA) is 59.6 Å². The molecule has 0 bridgehead atoms. The van der Waals surface area contributed by atoms with E-state index in [0.29, 0.717) is 27.6 Å². The molecule has 0 radical (unpaired) electrons. The molecule has 0 fully saturated rings. The van der Waals surface area contributed by atoms with E-state index in [-0.39, 0.29) is 0 Å². The number of nitriles is 2. The summed E-state index contributed by atoms with van der Waals surface area (Å²) in [6, 6.07) is 31.4.